The Morgan fingerprint density at radius 3 is 2.08 bits per heavy atom. The third-order valence-corrected chi connectivity index (χ3v) is 3.99. The van der Waals surface area contributed by atoms with E-state index in [1.165, 1.54) is 12.1 Å². The molecule has 1 aliphatic heterocycles. The lowest BCUT2D eigenvalue weighted by atomic mass is 9.98. The summed E-state index contributed by atoms with van der Waals surface area (Å²) in [5.41, 5.74) is -3.19. The zero-order valence-electron chi connectivity index (χ0n) is 12.6. The number of anilines is 1. The van der Waals surface area contributed by atoms with Gasteiger partial charge in [-0.3, -0.25) is 4.79 Å². The van der Waals surface area contributed by atoms with Crippen molar-refractivity contribution in [2.75, 3.05) is 11.9 Å². The smallest absolute Gasteiger partial charge is 0.416 e. The van der Waals surface area contributed by atoms with Gasteiger partial charge >= 0.3 is 12.4 Å². The molecular weight excluding hydrogens is 388 g/mol. The normalized spacial score (nSPS) is 14.5. The van der Waals surface area contributed by atoms with E-state index in [1.807, 2.05) is 0 Å². The monoisotopic (exact) mass is 395 g/mol. The van der Waals surface area contributed by atoms with Crippen molar-refractivity contribution >= 4 is 23.2 Å². The molecule has 0 fully saturated rings. The minimum Gasteiger partial charge on any atom is -0.480 e. The number of nitrogens with one attached hydrogen (secondary N) is 1. The van der Waals surface area contributed by atoms with E-state index in [1.54, 1.807) is 0 Å². The van der Waals surface area contributed by atoms with Crippen molar-refractivity contribution in [1.29, 1.82) is 0 Å². The van der Waals surface area contributed by atoms with Gasteiger partial charge in [-0.2, -0.15) is 26.3 Å². The van der Waals surface area contributed by atoms with Gasteiger partial charge in [-0.25, -0.2) is 0 Å². The molecule has 0 aliphatic carbocycles. The van der Waals surface area contributed by atoms with E-state index >= 15 is 0 Å². The SMILES string of the molecule is O=C1COc2c(ccc(-c3cc(C(F)(F)F)cc(C(F)(F)F)c3)c2Cl)N1. The molecule has 0 spiro atoms. The number of rotatable bonds is 1. The van der Waals surface area contributed by atoms with Crippen molar-refractivity contribution < 1.29 is 35.9 Å². The van der Waals surface area contributed by atoms with Crippen molar-refractivity contribution in [2.24, 2.45) is 0 Å². The topological polar surface area (TPSA) is 38.3 Å². The summed E-state index contributed by atoms with van der Waals surface area (Å²) in [6.45, 7) is -0.368. The Bertz CT molecular complexity index is 859. The Morgan fingerprint density at radius 1 is 0.962 bits per heavy atom. The highest BCUT2D eigenvalue weighted by Crippen LogP contribution is 2.44. The fraction of sp³-hybridized carbons (Fsp3) is 0.188. The molecule has 2 aromatic rings. The average molecular weight is 396 g/mol. The molecule has 3 rings (SSSR count). The molecule has 1 N–H and O–H groups in total. The van der Waals surface area contributed by atoms with E-state index in [2.05, 4.69) is 5.32 Å². The van der Waals surface area contributed by atoms with Gasteiger partial charge < -0.3 is 10.1 Å². The quantitative estimate of drug-likeness (QED) is 0.659. The van der Waals surface area contributed by atoms with Crippen molar-refractivity contribution in [2.45, 2.75) is 12.4 Å². The highest BCUT2D eigenvalue weighted by Gasteiger charge is 2.37. The Hall–Kier alpha value is -2.42. The molecule has 1 amide bonds. The first-order valence-corrected chi connectivity index (χ1v) is 7.39. The molecule has 1 aliphatic rings. The van der Waals surface area contributed by atoms with Crippen LogP contribution in [0.5, 0.6) is 5.75 Å². The van der Waals surface area contributed by atoms with Crippen LogP contribution in [0.1, 0.15) is 11.1 Å². The van der Waals surface area contributed by atoms with Gasteiger partial charge in [-0.15, -0.1) is 0 Å². The Labute approximate surface area is 147 Å². The lowest BCUT2D eigenvalue weighted by Gasteiger charge is -2.21. The fourth-order valence-electron chi connectivity index (χ4n) is 2.45. The molecule has 10 heteroatoms. The lowest BCUT2D eigenvalue weighted by Crippen LogP contribution is -2.25. The van der Waals surface area contributed by atoms with Crippen molar-refractivity contribution in [3.63, 3.8) is 0 Å². The second-order valence-electron chi connectivity index (χ2n) is 5.44. The van der Waals surface area contributed by atoms with Gasteiger partial charge in [0.25, 0.3) is 5.91 Å². The van der Waals surface area contributed by atoms with Crippen LogP contribution >= 0.6 is 11.6 Å². The third kappa shape index (κ3) is 3.44. The van der Waals surface area contributed by atoms with Gasteiger partial charge in [-0.05, 0) is 29.8 Å². The zero-order chi connectivity index (χ0) is 19.3. The molecule has 0 radical (unpaired) electrons. The summed E-state index contributed by atoms with van der Waals surface area (Å²) >= 11 is 6.10. The summed E-state index contributed by atoms with van der Waals surface area (Å²) in [5.74, 6) is -0.477. The number of alkyl halides is 6. The first-order valence-electron chi connectivity index (χ1n) is 7.02. The summed E-state index contributed by atoms with van der Waals surface area (Å²) < 4.78 is 83.1. The molecule has 1 heterocycles. The number of ether oxygens (including phenoxy) is 1. The Balaban J connectivity index is 2.19. The molecular formula is C16H8ClF6NO2. The van der Waals surface area contributed by atoms with Crippen LogP contribution in [0.15, 0.2) is 30.3 Å². The molecule has 0 atom stereocenters. The fourth-order valence-corrected chi connectivity index (χ4v) is 2.78. The van der Waals surface area contributed by atoms with E-state index in [9.17, 15) is 31.1 Å². The van der Waals surface area contributed by atoms with Crippen LogP contribution in [0, 0.1) is 0 Å². The van der Waals surface area contributed by atoms with Gasteiger partial charge in [0.1, 0.15) is 0 Å². The van der Waals surface area contributed by atoms with Crippen molar-refractivity contribution in [3.05, 3.63) is 46.5 Å². The van der Waals surface area contributed by atoms with E-state index in [0.717, 1.165) is 0 Å². The maximum atomic E-state index is 13.0. The maximum Gasteiger partial charge on any atom is 0.416 e. The van der Waals surface area contributed by atoms with Crippen molar-refractivity contribution in [1.82, 2.24) is 0 Å². The highest BCUT2D eigenvalue weighted by atomic mass is 35.5. The summed E-state index contributed by atoms with van der Waals surface area (Å²) in [5, 5.41) is 2.24. The number of hydrogen-bond acceptors (Lipinski definition) is 2. The predicted molar refractivity (Wildman–Crippen MR) is 81.0 cm³/mol. The number of hydrogen-bond donors (Lipinski definition) is 1. The minimum absolute atomic E-state index is 0.0188. The van der Waals surface area contributed by atoms with E-state index < -0.39 is 29.4 Å². The maximum absolute atomic E-state index is 13.0. The molecule has 0 bridgehead atoms. The molecule has 138 valence electrons. The molecule has 0 aromatic heterocycles. The molecule has 0 unspecified atom stereocenters. The van der Waals surface area contributed by atoms with Crippen molar-refractivity contribution in [3.8, 4) is 16.9 Å². The van der Waals surface area contributed by atoms with Crippen LogP contribution in [0.4, 0.5) is 32.0 Å². The van der Waals surface area contributed by atoms with E-state index in [4.69, 9.17) is 16.3 Å². The average Bonchev–Trinajstić information content (AvgIpc) is 2.53. The molecule has 2 aromatic carbocycles. The largest absolute Gasteiger partial charge is 0.480 e. The van der Waals surface area contributed by atoms with Crippen LogP contribution in [0.2, 0.25) is 5.02 Å². The second kappa shape index (κ2) is 6.08. The molecule has 3 nitrogen and oxygen atoms in total. The van der Waals surface area contributed by atoms with Gasteiger partial charge in [0, 0.05) is 5.56 Å². The van der Waals surface area contributed by atoms with Gasteiger partial charge in [0.05, 0.1) is 21.8 Å². The molecule has 0 saturated carbocycles. The van der Waals surface area contributed by atoms with Crippen LogP contribution in [0.3, 0.4) is 0 Å². The second-order valence-corrected chi connectivity index (χ2v) is 5.81. The van der Waals surface area contributed by atoms with E-state index in [-0.39, 0.29) is 40.3 Å². The molecule has 0 saturated heterocycles. The Kier molecular flexibility index (Phi) is 4.30. The third-order valence-electron chi connectivity index (χ3n) is 3.62. The number of halogens is 7. The number of carbonyl (C=O) groups excluding carboxylic acids is 1. The molecule has 26 heavy (non-hydrogen) atoms. The number of amides is 1. The van der Waals surface area contributed by atoms with Crippen LogP contribution in [-0.4, -0.2) is 12.5 Å². The first-order chi connectivity index (χ1) is 12.0. The summed E-state index contributed by atoms with van der Waals surface area (Å²) in [6.07, 6.45) is -9.94. The summed E-state index contributed by atoms with van der Waals surface area (Å²) in [4.78, 5) is 11.3. The first kappa shape index (κ1) is 18.4. The lowest BCUT2D eigenvalue weighted by molar-refractivity contribution is -0.143. The number of benzene rings is 2. The summed E-state index contributed by atoms with van der Waals surface area (Å²) in [7, 11) is 0. The van der Waals surface area contributed by atoms with Gasteiger partial charge in [0.2, 0.25) is 0 Å². The minimum atomic E-state index is -4.97. The zero-order valence-corrected chi connectivity index (χ0v) is 13.3. The van der Waals surface area contributed by atoms with Crippen LogP contribution < -0.4 is 10.1 Å². The van der Waals surface area contributed by atoms with Gasteiger partial charge in [-0.1, -0.05) is 17.7 Å². The van der Waals surface area contributed by atoms with Crippen LogP contribution in [0.25, 0.3) is 11.1 Å². The van der Waals surface area contributed by atoms with Gasteiger partial charge in [0.15, 0.2) is 12.4 Å². The van der Waals surface area contributed by atoms with Crippen LogP contribution in [-0.2, 0) is 17.1 Å². The summed E-state index contributed by atoms with van der Waals surface area (Å²) in [6, 6.07) is 3.69. The standard InChI is InChI=1S/C16H8ClF6NO2/c17-13-10(1-2-11-14(13)26-6-12(25)24-11)7-3-8(15(18,19)20)5-9(4-7)16(21,22)23/h1-5H,6H2,(H,24,25). The highest BCUT2D eigenvalue weighted by molar-refractivity contribution is 6.35. The Morgan fingerprint density at radius 2 is 1.54 bits per heavy atom. The number of carbonyl (C=O) groups is 1. The predicted octanol–water partition coefficient (Wildman–Crippen LogP) is 5.38. The van der Waals surface area contributed by atoms with E-state index in [0.29, 0.717) is 12.1 Å². The number of fused-ring (bicyclic) bond motifs is 1.